The molecule has 0 heterocycles. The maximum atomic E-state index is 12.8. The lowest BCUT2D eigenvalue weighted by Gasteiger charge is -2.25. The van der Waals surface area contributed by atoms with E-state index in [4.69, 9.17) is 10.8 Å². The summed E-state index contributed by atoms with van der Waals surface area (Å²) in [6.45, 7) is 0.554. The molecule has 0 aliphatic heterocycles. The van der Waals surface area contributed by atoms with Crippen molar-refractivity contribution in [3.05, 3.63) is 29.8 Å². The molecule has 4 atom stereocenters. The summed E-state index contributed by atoms with van der Waals surface area (Å²) in [6.07, 6.45) is -1.34. The van der Waals surface area contributed by atoms with E-state index < -0.39 is 54.5 Å². The van der Waals surface area contributed by atoms with Crippen LogP contribution in [0.25, 0.3) is 0 Å². The van der Waals surface area contributed by atoms with Gasteiger partial charge in [-0.25, -0.2) is 0 Å². The molecule has 8 N–H and O–H groups in total. The fraction of sp³-hybridized carbons (Fsp3) is 0.444. The number of carboxylic acid groups (broad SMARTS) is 1. The number of phenols is 1. The van der Waals surface area contributed by atoms with Crippen molar-refractivity contribution < 1.29 is 34.5 Å². The minimum absolute atomic E-state index is 0.000416. The number of aliphatic hydroxyl groups excluding tert-OH is 1. The van der Waals surface area contributed by atoms with Crippen molar-refractivity contribution >= 4 is 36.3 Å². The molecule has 30 heavy (non-hydrogen) atoms. The van der Waals surface area contributed by atoms with Crippen LogP contribution in [0.1, 0.15) is 12.5 Å². The summed E-state index contributed by atoms with van der Waals surface area (Å²) in [5.74, 6) is -3.58. The lowest BCUT2D eigenvalue weighted by molar-refractivity contribution is -0.139. The number of nitrogens with two attached hydrogens (primary N) is 1. The number of carboxylic acids is 1. The van der Waals surface area contributed by atoms with Gasteiger partial charge in [-0.2, -0.15) is 12.6 Å². The number of amides is 3. The highest BCUT2D eigenvalue weighted by atomic mass is 32.1. The number of aliphatic hydroxyl groups is 1. The van der Waals surface area contributed by atoms with Crippen molar-refractivity contribution in [1.29, 1.82) is 0 Å². The molecule has 1 aromatic carbocycles. The van der Waals surface area contributed by atoms with E-state index in [2.05, 4.69) is 28.6 Å². The fourth-order valence-electron chi connectivity index (χ4n) is 2.37. The molecule has 0 saturated carbocycles. The Kier molecular flexibility index (Phi) is 10.1. The molecular formula is C18H26N4O7S. The van der Waals surface area contributed by atoms with Crippen LogP contribution in [-0.4, -0.2) is 75.5 Å². The van der Waals surface area contributed by atoms with E-state index in [1.165, 1.54) is 19.1 Å². The SMILES string of the molecule is CC(O)C(NC(=O)C(Cc1ccc(O)cc1)NC(=O)C(N)CS)C(=O)NCC(=O)O. The highest BCUT2D eigenvalue weighted by Crippen LogP contribution is 2.12. The van der Waals surface area contributed by atoms with Crippen LogP contribution in [0, 0.1) is 0 Å². The van der Waals surface area contributed by atoms with Crippen molar-refractivity contribution in [3.63, 3.8) is 0 Å². The predicted octanol–water partition coefficient (Wildman–Crippen LogP) is -2.26. The lowest BCUT2D eigenvalue weighted by Crippen LogP contribution is -2.59. The van der Waals surface area contributed by atoms with E-state index in [1.54, 1.807) is 12.1 Å². The second-order valence-corrected chi connectivity index (χ2v) is 6.92. The Labute approximate surface area is 178 Å². The topological polar surface area (TPSA) is 191 Å². The van der Waals surface area contributed by atoms with Gasteiger partial charge in [-0.1, -0.05) is 12.1 Å². The van der Waals surface area contributed by atoms with Crippen molar-refractivity contribution in [2.75, 3.05) is 12.3 Å². The molecule has 0 fully saturated rings. The van der Waals surface area contributed by atoms with E-state index in [1.807, 2.05) is 0 Å². The second-order valence-electron chi connectivity index (χ2n) is 6.56. The average Bonchev–Trinajstić information content (AvgIpc) is 2.69. The van der Waals surface area contributed by atoms with Gasteiger partial charge in [-0.3, -0.25) is 19.2 Å². The molecule has 3 amide bonds. The molecule has 11 nitrogen and oxygen atoms in total. The molecule has 0 radical (unpaired) electrons. The molecule has 1 rings (SSSR count). The number of phenolic OH excluding ortho intramolecular Hbond substituents is 1. The Morgan fingerprint density at radius 3 is 2.17 bits per heavy atom. The maximum absolute atomic E-state index is 12.8. The Morgan fingerprint density at radius 1 is 1.07 bits per heavy atom. The van der Waals surface area contributed by atoms with Crippen LogP contribution in [-0.2, 0) is 25.6 Å². The first-order chi connectivity index (χ1) is 14.0. The van der Waals surface area contributed by atoms with Crippen LogP contribution < -0.4 is 21.7 Å². The zero-order valence-corrected chi connectivity index (χ0v) is 17.1. The minimum Gasteiger partial charge on any atom is -0.508 e. The summed E-state index contributed by atoms with van der Waals surface area (Å²) in [5, 5.41) is 34.8. The number of aliphatic carboxylic acids is 1. The summed E-state index contributed by atoms with van der Waals surface area (Å²) in [7, 11) is 0. The number of thiol groups is 1. The van der Waals surface area contributed by atoms with Crippen LogP contribution in [0.15, 0.2) is 24.3 Å². The molecular weight excluding hydrogens is 416 g/mol. The van der Waals surface area contributed by atoms with E-state index in [9.17, 15) is 29.4 Å². The third-order valence-corrected chi connectivity index (χ3v) is 4.41. The van der Waals surface area contributed by atoms with Crippen LogP contribution in [0.4, 0.5) is 0 Å². The summed E-state index contributed by atoms with van der Waals surface area (Å²) < 4.78 is 0. The number of benzene rings is 1. The standard InChI is InChI=1S/C18H26N4O7S/c1-9(23)15(18(29)20-7-14(25)26)22-17(28)13(21-16(27)12(19)8-30)6-10-2-4-11(24)5-3-10/h2-5,9,12-13,15,23-24,30H,6-8,19H2,1H3,(H,20,29)(H,21,27)(H,22,28)(H,25,26). The van der Waals surface area contributed by atoms with Gasteiger partial charge in [-0.15, -0.1) is 0 Å². The van der Waals surface area contributed by atoms with Gasteiger partial charge in [0.25, 0.3) is 0 Å². The highest BCUT2D eigenvalue weighted by molar-refractivity contribution is 7.80. The second kappa shape index (κ2) is 12.0. The number of rotatable bonds is 11. The predicted molar refractivity (Wildman–Crippen MR) is 110 cm³/mol. The Balaban J connectivity index is 2.99. The Hall–Kier alpha value is -2.83. The molecule has 0 saturated heterocycles. The smallest absolute Gasteiger partial charge is 0.322 e. The largest absolute Gasteiger partial charge is 0.508 e. The fourth-order valence-corrected chi connectivity index (χ4v) is 2.54. The molecule has 12 heteroatoms. The first-order valence-corrected chi connectivity index (χ1v) is 9.61. The first kappa shape index (κ1) is 25.2. The van der Waals surface area contributed by atoms with Crippen molar-refractivity contribution in [1.82, 2.24) is 16.0 Å². The van der Waals surface area contributed by atoms with Gasteiger partial charge in [0, 0.05) is 12.2 Å². The number of hydrogen-bond acceptors (Lipinski definition) is 8. The molecule has 0 aliphatic rings. The summed E-state index contributed by atoms with van der Waals surface area (Å²) in [5.41, 5.74) is 6.22. The summed E-state index contributed by atoms with van der Waals surface area (Å²) in [6, 6.07) is 2.32. The molecule has 0 aliphatic carbocycles. The molecule has 0 aromatic heterocycles. The lowest BCUT2D eigenvalue weighted by atomic mass is 10.0. The van der Waals surface area contributed by atoms with Crippen LogP contribution in [0.3, 0.4) is 0 Å². The normalized spacial score (nSPS) is 14.7. The van der Waals surface area contributed by atoms with E-state index in [0.717, 1.165) is 0 Å². The van der Waals surface area contributed by atoms with Crippen molar-refractivity contribution in [2.24, 2.45) is 5.73 Å². The quantitative estimate of drug-likeness (QED) is 0.176. The van der Waals surface area contributed by atoms with Gasteiger partial charge in [0.1, 0.15) is 24.4 Å². The maximum Gasteiger partial charge on any atom is 0.322 e. The summed E-state index contributed by atoms with van der Waals surface area (Å²) >= 11 is 3.94. The van der Waals surface area contributed by atoms with E-state index >= 15 is 0 Å². The Bertz CT molecular complexity index is 757. The van der Waals surface area contributed by atoms with E-state index in [-0.39, 0.29) is 17.9 Å². The molecule has 1 aromatic rings. The third kappa shape index (κ3) is 8.27. The number of carbonyl (C=O) groups is 4. The number of aromatic hydroxyl groups is 1. The van der Waals surface area contributed by atoms with Crippen LogP contribution in [0.5, 0.6) is 5.75 Å². The van der Waals surface area contributed by atoms with Crippen LogP contribution in [0.2, 0.25) is 0 Å². The summed E-state index contributed by atoms with van der Waals surface area (Å²) in [4.78, 5) is 47.7. The zero-order chi connectivity index (χ0) is 22.8. The highest BCUT2D eigenvalue weighted by Gasteiger charge is 2.30. The first-order valence-electron chi connectivity index (χ1n) is 8.97. The Morgan fingerprint density at radius 2 is 1.67 bits per heavy atom. The average molecular weight is 442 g/mol. The van der Waals surface area contributed by atoms with Crippen molar-refractivity contribution in [3.8, 4) is 5.75 Å². The van der Waals surface area contributed by atoms with Gasteiger partial charge in [-0.05, 0) is 24.6 Å². The van der Waals surface area contributed by atoms with Gasteiger partial charge in [0.2, 0.25) is 17.7 Å². The van der Waals surface area contributed by atoms with Gasteiger partial charge in [0.05, 0.1) is 12.1 Å². The molecule has 0 spiro atoms. The van der Waals surface area contributed by atoms with E-state index in [0.29, 0.717) is 5.56 Å². The third-order valence-electron chi connectivity index (χ3n) is 4.02. The molecule has 4 unspecified atom stereocenters. The van der Waals surface area contributed by atoms with Gasteiger partial charge in [0.15, 0.2) is 0 Å². The van der Waals surface area contributed by atoms with Crippen LogP contribution >= 0.6 is 12.6 Å². The molecule has 166 valence electrons. The number of nitrogens with one attached hydrogen (secondary N) is 3. The number of hydrogen-bond donors (Lipinski definition) is 8. The minimum atomic E-state index is -1.45. The zero-order valence-electron chi connectivity index (χ0n) is 16.2. The molecule has 0 bridgehead atoms. The van der Waals surface area contributed by atoms with Gasteiger partial charge < -0.3 is 37.0 Å². The number of carbonyl (C=O) groups excluding carboxylic acids is 3. The van der Waals surface area contributed by atoms with Crippen molar-refractivity contribution in [2.45, 2.75) is 37.6 Å². The monoisotopic (exact) mass is 442 g/mol. The van der Waals surface area contributed by atoms with Gasteiger partial charge >= 0.3 is 5.97 Å².